The van der Waals surface area contributed by atoms with Gasteiger partial charge in [-0.2, -0.15) is 13.2 Å². The van der Waals surface area contributed by atoms with Crippen LogP contribution >= 0.6 is 11.8 Å². The summed E-state index contributed by atoms with van der Waals surface area (Å²) >= 11 is 0.817. The van der Waals surface area contributed by atoms with Crippen molar-refractivity contribution in [2.24, 2.45) is 0 Å². The van der Waals surface area contributed by atoms with Crippen molar-refractivity contribution in [3.8, 4) is 11.6 Å². The van der Waals surface area contributed by atoms with Crippen molar-refractivity contribution in [3.05, 3.63) is 42.6 Å². The predicted molar refractivity (Wildman–Crippen MR) is 102 cm³/mol. The third-order valence-electron chi connectivity index (χ3n) is 4.33. The number of hydrogen-bond acceptors (Lipinski definition) is 6. The molecule has 30 heavy (non-hydrogen) atoms. The minimum Gasteiger partial charge on any atom is -0.410 e. The topological polar surface area (TPSA) is 104 Å². The molecule has 0 aliphatic carbocycles. The number of anilines is 2. The van der Waals surface area contributed by atoms with Crippen molar-refractivity contribution >= 4 is 35.0 Å². The monoisotopic (exact) mass is 437 g/mol. The lowest BCUT2D eigenvalue weighted by atomic mass is 10.1. The van der Waals surface area contributed by atoms with Crippen LogP contribution in [0.4, 0.5) is 24.5 Å². The predicted octanol–water partition coefficient (Wildman–Crippen LogP) is 3.46. The number of carbonyl (C=O) groups is 2. The van der Waals surface area contributed by atoms with Crippen molar-refractivity contribution in [1.29, 1.82) is 0 Å². The second-order valence-electron chi connectivity index (χ2n) is 6.34. The zero-order valence-electron chi connectivity index (χ0n) is 15.1. The number of aromatic nitrogens is 3. The van der Waals surface area contributed by atoms with E-state index in [1.807, 2.05) is 0 Å². The summed E-state index contributed by atoms with van der Waals surface area (Å²) in [4.78, 5) is 28.3. The molecule has 3 heterocycles. The van der Waals surface area contributed by atoms with Crippen LogP contribution < -0.4 is 10.2 Å². The first-order valence-corrected chi connectivity index (χ1v) is 9.69. The molecule has 1 aromatic carbocycles. The molecule has 0 unspecified atom stereocenters. The molecular formula is C18H14F3N5O3S. The molecule has 3 aromatic rings. The maximum atomic E-state index is 13.7. The summed E-state index contributed by atoms with van der Waals surface area (Å²) in [5.41, 5.74) is 0.692. The van der Waals surface area contributed by atoms with Crippen LogP contribution in [0, 0.1) is 0 Å². The van der Waals surface area contributed by atoms with Crippen molar-refractivity contribution in [1.82, 2.24) is 15.2 Å². The lowest BCUT2D eigenvalue weighted by molar-refractivity contribution is -0.157. The molecule has 2 amide bonds. The highest BCUT2D eigenvalue weighted by Crippen LogP contribution is 2.38. The van der Waals surface area contributed by atoms with E-state index in [1.165, 1.54) is 18.2 Å². The van der Waals surface area contributed by atoms with Gasteiger partial charge in [-0.25, -0.2) is 0 Å². The standard InChI is InChI=1S/C18H14F3N5O3S/c19-18(20,21)13-8-14(27)23-10-4-1-2-6-12(10)26(13)15(28)9-30-17-25-24-16(29-17)11-5-3-7-22-11/h1-7,13,22H,8-9H2,(H,23,27)/t13-/m1/s1. The van der Waals surface area contributed by atoms with Crippen LogP contribution in [0.3, 0.4) is 0 Å². The van der Waals surface area contributed by atoms with Gasteiger partial charge in [-0.15, -0.1) is 10.2 Å². The number of rotatable bonds is 4. The number of hydrogen-bond donors (Lipinski definition) is 2. The van der Waals surface area contributed by atoms with E-state index in [2.05, 4.69) is 20.5 Å². The Morgan fingerprint density at radius 3 is 2.77 bits per heavy atom. The van der Waals surface area contributed by atoms with Gasteiger partial charge in [0.15, 0.2) is 0 Å². The van der Waals surface area contributed by atoms with Crippen LogP contribution in [0.2, 0.25) is 0 Å². The molecule has 1 atom stereocenters. The molecule has 12 heteroatoms. The molecule has 0 saturated heterocycles. The van der Waals surface area contributed by atoms with Crippen molar-refractivity contribution < 1.29 is 27.2 Å². The molecule has 0 radical (unpaired) electrons. The van der Waals surface area contributed by atoms with E-state index in [0.717, 1.165) is 11.8 Å². The first-order chi connectivity index (χ1) is 14.3. The van der Waals surface area contributed by atoms with Crippen LogP contribution in [-0.4, -0.2) is 45.0 Å². The van der Waals surface area contributed by atoms with E-state index in [0.29, 0.717) is 10.6 Å². The Labute approximate surface area is 171 Å². The fourth-order valence-electron chi connectivity index (χ4n) is 3.03. The highest BCUT2D eigenvalue weighted by molar-refractivity contribution is 7.99. The van der Waals surface area contributed by atoms with Crippen LogP contribution in [0.15, 0.2) is 52.2 Å². The number of nitrogens with one attached hydrogen (secondary N) is 2. The number of fused-ring (bicyclic) bond motifs is 1. The number of H-pyrrole nitrogens is 1. The van der Waals surface area contributed by atoms with E-state index in [-0.39, 0.29) is 28.2 Å². The van der Waals surface area contributed by atoms with Crippen LogP contribution in [0.25, 0.3) is 11.6 Å². The summed E-state index contributed by atoms with van der Waals surface area (Å²) in [5.74, 6) is -1.86. The van der Waals surface area contributed by atoms with Crippen molar-refractivity contribution in [3.63, 3.8) is 0 Å². The SMILES string of the molecule is O=C1C[C@H](C(F)(F)F)N(C(=O)CSc2nnc(-c3ccc[nH]3)o2)c2ccccc2N1. The van der Waals surface area contributed by atoms with E-state index >= 15 is 0 Å². The number of alkyl halides is 3. The van der Waals surface area contributed by atoms with Crippen LogP contribution in [0.1, 0.15) is 6.42 Å². The summed E-state index contributed by atoms with van der Waals surface area (Å²) in [5, 5.41) is 10.1. The fourth-order valence-corrected chi connectivity index (χ4v) is 3.65. The summed E-state index contributed by atoms with van der Waals surface area (Å²) in [6.07, 6.45) is -4.02. The molecular weight excluding hydrogens is 423 g/mol. The summed E-state index contributed by atoms with van der Waals surface area (Å²) < 4.78 is 46.5. The van der Waals surface area contributed by atoms with E-state index < -0.39 is 30.5 Å². The Morgan fingerprint density at radius 1 is 1.23 bits per heavy atom. The lowest BCUT2D eigenvalue weighted by Gasteiger charge is -2.31. The number of aromatic amines is 1. The Bertz CT molecular complexity index is 1070. The quantitative estimate of drug-likeness (QED) is 0.606. The molecule has 0 bridgehead atoms. The summed E-state index contributed by atoms with van der Waals surface area (Å²) in [6.45, 7) is 0. The third kappa shape index (κ3) is 4.03. The normalized spacial score (nSPS) is 16.7. The maximum absolute atomic E-state index is 13.7. The Hall–Kier alpha value is -3.28. The van der Waals surface area contributed by atoms with Gasteiger partial charge in [-0.05, 0) is 24.3 Å². The van der Waals surface area contributed by atoms with Gasteiger partial charge in [0, 0.05) is 6.20 Å². The molecule has 0 saturated carbocycles. The number of nitrogens with zero attached hydrogens (tertiary/aromatic N) is 3. The average molecular weight is 437 g/mol. The van der Waals surface area contributed by atoms with E-state index in [9.17, 15) is 22.8 Å². The van der Waals surface area contributed by atoms with Crippen molar-refractivity contribution in [2.75, 3.05) is 16.0 Å². The van der Waals surface area contributed by atoms with Gasteiger partial charge in [0.05, 0.1) is 23.5 Å². The van der Waals surface area contributed by atoms with Gasteiger partial charge >= 0.3 is 6.18 Å². The minimum absolute atomic E-state index is 0.0196. The van der Waals surface area contributed by atoms with Gasteiger partial charge in [0.2, 0.25) is 11.8 Å². The van der Waals surface area contributed by atoms with Crippen LogP contribution in [0.5, 0.6) is 0 Å². The van der Waals surface area contributed by atoms with Gasteiger partial charge < -0.3 is 14.7 Å². The van der Waals surface area contributed by atoms with Gasteiger partial charge in [0.1, 0.15) is 11.7 Å². The average Bonchev–Trinajstić information content (AvgIpc) is 3.35. The minimum atomic E-state index is -4.79. The third-order valence-corrected chi connectivity index (χ3v) is 5.13. The van der Waals surface area contributed by atoms with Gasteiger partial charge in [0.25, 0.3) is 11.1 Å². The zero-order chi connectivity index (χ0) is 21.3. The number of benzene rings is 1. The Balaban J connectivity index is 1.58. The Morgan fingerprint density at radius 2 is 2.03 bits per heavy atom. The molecule has 156 valence electrons. The lowest BCUT2D eigenvalue weighted by Crippen LogP contribution is -2.50. The van der Waals surface area contributed by atoms with Crippen molar-refractivity contribution in [2.45, 2.75) is 23.9 Å². The molecule has 1 aliphatic heterocycles. The number of carbonyl (C=O) groups excluding carboxylic acids is 2. The van der Waals surface area contributed by atoms with Gasteiger partial charge in [-0.3, -0.25) is 14.5 Å². The fraction of sp³-hybridized carbons (Fsp3) is 0.222. The number of amides is 2. The van der Waals surface area contributed by atoms with E-state index in [1.54, 1.807) is 24.4 Å². The number of thioether (sulfide) groups is 1. The molecule has 8 nitrogen and oxygen atoms in total. The van der Waals surface area contributed by atoms with Crippen LogP contribution in [-0.2, 0) is 9.59 Å². The second kappa shape index (κ2) is 7.86. The molecule has 4 rings (SSSR count). The zero-order valence-corrected chi connectivity index (χ0v) is 16.0. The molecule has 0 fully saturated rings. The molecule has 0 spiro atoms. The number of halogens is 3. The highest BCUT2D eigenvalue weighted by Gasteiger charge is 2.48. The molecule has 2 N–H and O–H groups in total. The highest BCUT2D eigenvalue weighted by atomic mass is 32.2. The summed E-state index contributed by atoms with van der Waals surface area (Å²) in [6, 6.07) is 7.02. The molecule has 1 aliphatic rings. The Kier molecular flexibility index (Phi) is 5.24. The largest absolute Gasteiger partial charge is 0.410 e. The maximum Gasteiger partial charge on any atom is 0.409 e. The second-order valence-corrected chi connectivity index (χ2v) is 7.26. The van der Waals surface area contributed by atoms with E-state index in [4.69, 9.17) is 4.42 Å². The van der Waals surface area contributed by atoms with Gasteiger partial charge in [-0.1, -0.05) is 23.9 Å². The first-order valence-electron chi connectivity index (χ1n) is 8.70. The molecule has 2 aromatic heterocycles. The summed E-state index contributed by atoms with van der Waals surface area (Å²) in [7, 11) is 0. The number of para-hydroxylation sites is 2. The smallest absolute Gasteiger partial charge is 0.409 e. The first kappa shape index (κ1) is 20.0.